The van der Waals surface area contributed by atoms with Gasteiger partial charge in [0, 0.05) is 24.0 Å². The lowest BCUT2D eigenvalue weighted by Gasteiger charge is -2.29. The molecular weight excluding hydrogens is 342 g/mol. The van der Waals surface area contributed by atoms with Crippen molar-refractivity contribution in [3.63, 3.8) is 0 Å². The fourth-order valence-corrected chi connectivity index (χ4v) is 2.94. The summed E-state index contributed by atoms with van der Waals surface area (Å²) < 4.78 is 10.6. The van der Waals surface area contributed by atoms with Gasteiger partial charge in [0.1, 0.15) is 17.5 Å². The van der Waals surface area contributed by atoms with Gasteiger partial charge in [-0.3, -0.25) is 0 Å². The molecule has 0 aliphatic carbocycles. The van der Waals surface area contributed by atoms with Crippen molar-refractivity contribution in [1.29, 1.82) is 5.26 Å². The quantitative estimate of drug-likeness (QED) is 0.338. The van der Waals surface area contributed by atoms with E-state index in [1.165, 1.54) is 0 Å². The number of fused-ring (bicyclic) bond motifs is 1. The third-order valence-corrected chi connectivity index (χ3v) is 4.41. The van der Waals surface area contributed by atoms with Crippen LogP contribution in [0.25, 0.3) is 17.0 Å². The van der Waals surface area contributed by atoms with E-state index in [1.54, 1.807) is 6.08 Å². The second-order valence-corrected chi connectivity index (χ2v) is 6.35. The third kappa shape index (κ3) is 4.63. The molecule has 0 atom stereocenters. The highest BCUT2D eigenvalue weighted by molar-refractivity contribution is 5.99. The van der Waals surface area contributed by atoms with Crippen LogP contribution in [-0.2, 0) is 14.3 Å². The molecule has 1 saturated heterocycles. The monoisotopic (exact) mass is 365 g/mol. The Bertz CT molecular complexity index is 880. The van der Waals surface area contributed by atoms with Crippen LogP contribution in [0.4, 0.5) is 5.82 Å². The Morgan fingerprint density at radius 1 is 1.37 bits per heavy atom. The molecule has 1 aromatic carbocycles. The van der Waals surface area contributed by atoms with Crippen LogP contribution in [0.15, 0.2) is 35.9 Å². The maximum absolute atomic E-state index is 12.2. The third-order valence-electron chi connectivity index (χ3n) is 4.41. The first-order valence-corrected chi connectivity index (χ1v) is 9.24. The largest absolute Gasteiger partial charge is 0.462 e. The Morgan fingerprint density at radius 2 is 2.15 bits per heavy atom. The zero-order valence-corrected chi connectivity index (χ0v) is 15.5. The number of aromatic nitrogens is 1. The number of pyridine rings is 1. The molecule has 140 valence electrons. The number of anilines is 1. The molecule has 3 rings (SSSR count). The van der Waals surface area contributed by atoms with Gasteiger partial charge in [-0.25, -0.2) is 9.78 Å². The Kier molecular flexibility index (Phi) is 6.39. The summed E-state index contributed by atoms with van der Waals surface area (Å²) in [6.07, 6.45) is 3.29. The molecule has 27 heavy (non-hydrogen) atoms. The van der Waals surface area contributed by atoms with Gasteiger partial charge in [0.05, 0.1) is 25.3 Å². The molecule has 1 aliphatic heterocycles. The van der Waals surface area contributed by atoms with E-state index in [2.05, 4.69) is 4.90 Å². The van der Waals surface area contributed by atoms with Crippen LogP contribution in [0.5, 0.6) is 0 Å². The van der Waals surface area contributed by atoms with Crippen molar-refractivity contribution in [3.8, 4) is 6.07 Å². The van der Waals surface area contributed by atoms with E-state index in [4.69, 9.17) is 14.5 Å². The SMILES string of the molecule is CCCCOC(=O)/C(C#N)=C/c1cc2ccccc2nc1N1CCOCC1. The molecule has 0 bridgehead atoms. The molecule has 6 nitrogen and oxygen atoms in total. The number of esters is 1. The molecule has 0 N–H and O–H groups in total. The van der Waals surface area contributed by atoms with E-state index in [1.807, 2.05) is 43.3 Å². The molecule has 1 aliphatic rings. The lowest BCUT2D eigenvalue weighted by Crippen LogP contribution is -2.37. The lowest BCUT2D eigenvalue weighted by atomic mass is 10.1. The first-order valence-electron chi connectivity index (χ1n) is 9.24. The molecule has 6 heteroatoms. The second kappa shape index (κ2) is 9.15. The van der Waals surface area contributed by atoms with E-state index in [9.17, 15) is 10.1 Å². The molecule has 2 heterocycles. The van der Waals surface area contributed by atoms with Gasteiger partial charge in [0.25, 0.3) is 0 Å². The number of benzene rings is 1. The van der Waals surface area contributed by atoms with Crippen molar-refractivity contribution in [1.82, 2.24) is 4.98 Å². The summed E-state index contributed by atoms with van der Waals surface area (Å²) in [5.74, 6) is 0.165. The fraction of sp³-hybridized carbons (Fsp3) is 0.381. The zero-order valence-electron chi connectivity index (χ0n) is 15.5. The predicted octanol–water partition coefficient (Wildman–Crippen LogP) is 3.32. The van der Waals surface area contributed by atoms with Crippen LogP contribution >= 0.6 is 0 Å². The maximum atomic E-state index is 12.2. The number of carbonyl (C=O) groups is 1. The summed E-state index contributed by atoms with van der Waals surface area (Å²) in [5.41, 5.74) is 1.59. The predicted molar refractivity (Wildman–Crippen MR) is 104 cm³/mol. The highest BCUT2D eigenvalue weighted by Gasteiger charge is 2.18. The number of para-hydroxylation sites is 1. The highest BCUT2D eigenvalue weighted by Crippen LogP contribution is 2.26. The molecule has 0 spiro atoms. The maximum Gasteiger partial charge on any atom is 0.348 e. The van der Waals surface area contributed by atoms with Crippen molar-refractivity contribution >= 4 is 28.8 Å². The molecule has 0 saturated carbocycles. The number of nitrogens with zero attached hydrogens (tertiary/aromatic N) is 3. The highest BCUT2D eigenvalue weighted by atomic mass is 16.5. The van der Waals surface area contributed by atoms with E-state index in [-0.39, 0.29) is 5.57 Å². The number of hydrogen-bond donors (Lipinski definition) is 0. The van der Waals surface area contributed by atoms with E-state index >= 15 is 0 Å². The number of morpholine rings is 1. The average molecular weight is 365 g/mol. The summed E-state index contributed by atoms with van der Waals surface area (Å²) >= 11 is 0. The van der Waals surface area contributed by atoms with Crippen molar-refractivity contribution in [3.05, 3.63) is 41.5 Å². The zero-order chi connectivity index (χ0) is 19.1. The first kappa shape index (κ1) is 18.9. The number of nitriles is 1. The molecule has 2 aromatic rings. The number of unbranched alkanes of at least 4 members (excludes halogenated alkanes) is 1. The van der Waals surface area contributed by atoms with Gasteiger partial charge in [-0.1, -0.05) is 31.5 Å². The number of carbonyl (C=O) groups excluding carboxylic acids is 1. The average Bonchev–Trinajstić information content (AvgIpc) is 2.72. The van der Waals surface area contributed by atoms with E-state index in [0.717, 1.165) is 48.2 Å². The molecule has 1 fully saturated rings. The normalized spacial score (nSPS) is 14.8. The van der Waals surface area contributed by atoms with Gasteiger partial charge in [-0.05, 0) is 24.6 Å². The van der Waals surface area contributed by atoms with Crippen molar-refractivity contribution in [2.24, 2.45) is 0 Å². The molecule has 0 unspecified atom stereocenters. The van der Waals surface area contributed by atoms with Crippen LogP contribution in [0.2, 0.25) is 0 Å². The lowest BCUT2D eigenvalue weighted by molar-refractivity contribution is -0.138. The van der Waals surface area contributed by atoms with Crippen LogP contribution in [0, 0.1) is 11.3 Å². The van der Waals surface area contributed by atoms with Crippen molar-refractivity contribution in [2.45, 2.75) is 19.8 Å². The smallest absolute Gasteiger partial charge is 0.348 e. The van der Waals surface area contributed by atoms with E-state index in [0.29, 0.717) is 19.8 Å². The minimum Gasteiger partial charge on any atom is -0.462 e. The molecular formula is C21H23N3O3. The number of hydrogen-bond acceptors (Lipinski definition) is 6. The van der Waals surface area contributed by atoms with Gasteiger partial charge in [-0.2, -0.15) is 5.26 Å². The summed E-state index contributed by atoms with van der Waals surface area (Å²) in [6.45, 7) is 5.03. The van der Waals surface area contributed by atoms with Crippen LogP contribution in [0.3, 0.4) is 0 Å². The Morgan fingerprint density at radius 3 is 2.89 bits per heavy atom. The number of rotatable bonds is 6. The molecule has 0 amide bonds. The summed E-state index contributed by atoms with van der Waals surface area (Å²) in [6, 6.07) is 11.7. The second-order valence-electron chi connectivity index (χ2n) is 6.35. The molecule has 1 aromatic heterocycles. The molecule has 0 radical (unpaired) electrons. The minimum atomic E-state index is -0.591. The summed E-state index contributed by atoms with van der Waals surface area (Å²) in [7, 11) is 0. The Balaban J connectivity index is 1.99. The van der Waals surface area contributed by atoms with E-state index < -0.39 is 5.97 Å². The van der Waals surface area contributed by atoms with Crippen LogP contribution in [-0.4, -0.2) is 43.9 Å². The van der Waals surface area contributed by atoms with Gasteiger partial charge in [0.2, 0.25) is 0 Å². The number of ether oxygens (including phenoxy) is 2. The minimum absolute atomic E-state index is 0.0160. The van der Waals surface area contributed by atoms with Gasteiger partial charge < -0.3 is 14.4 Å². The fourth-order valence-electron chi connectivity index (χ4n) is 2.94. The van der Waals surface area contributed by atoms with Crippen molar-refractivity contribution in [2.75, 3.05) is 37.8 Å². The summed E-state index contributed by atoms with van der Waals surface area (Å²) in [5, 5.41) is 10.4. The van der Waals surface area contributed by atoms with Gasteiger partial charge >= 0.3 is 5.97 Å². The summed E-state index contributed by atoms with van der Waals surface area (Å²) in [4.78, 5) is 19.1. The standard InChI is InChI=1S/C21H23N3O3/c1-2-3-10-27-21(25)18(15-22)14-17-13-16-6-4-5-7-19(16)23-20(17)24-8-11-26-12-9-24/h4-7,13-14H,2-3,8-12H2,1H3/b18-14+. The van der Waals surface area contributed by atoms with Crippen molar-refractivity contribution < 1.29 is 14.3 Å². The Labute approximate surface area is 159 Å². The van der Waals surface area contributed by atoms with Crippen LogP contribution in [0.1, 0.15) is 25.3 Å². The topological polar surface area (TPSA) is 75.5 Å². The first-order chi connectivity index (χ1) is 13.2. The van der Waals surface area contributed by atoms with Crippen LogP contribution < -0.4 is 4.90 Å². The Hall–Kier alpha value is -2.91. The van der Waals surface area contributed by atoms with Gasteiger partial charge in [-0.15, -0.1) is 0 Å². The van der Waals surface area contributed by atoms with Gasteiger partial charge in [0.15, 0.2) is 0 Å².